The average Bonchev–Trinajstić information content (AvgIpc) is 2.76. The second kappa shape index (κ2) is 17.0. The number of thioether (sulfide) groups is 1. The normalized spacial score (nSPS) is 14.5. The lowest BCUT2D eigenvalue weighted by Crippen LogP contribution is -2.57. The predicted molar refractivity (Wildman–Crippen MR) is 139 cm³/mol. The number of nitrogens with two attached hydrogens (primary N) is 3. The summed E-state index contributed by atoms with van der Waals surface area (Å²) in [7, 11) is 0. The minimum atomic E-state index is -1.16. The van der Waals surface area contributed by atoms with Crippen molar-refractivity contribution in [3.63, 3.8) is 0 Å². The van der Waals surface area contributed by atoms with Crippen LogP contribution in [0.15, 0.2) is 4.99 Å². The van der Waals surface area contributed by atoms with E-state index in [9.17, 15) is 24.3 Å². The molecule has 0 fully saturated rings. The summed E-state index contributed by atoms with van der Waals surface area (Å²) in [5.74, 6) is -2.41. The second-order valence-electron chi connectivity index (χ2n) is 9.15. The zero-order valence-corrected chi connectivity index (χ0v) is 22.2. The van der Waals surface area contributed by atoms with Crippen LogP contribution in [0.25, 0.3) is 0 Å². The van der Waals surface area contributed by atoms with Crippen LogP contribution in [-0.2, 0) is 19.2 Å². The van der Waals surface area contributed by atoms with E-state index in [0.717, 1.165) is 0 Å². The molecule has 0 radical (unpaired) electrons. The van der Waals surface area contributed by atoms with Crippen molar-refractivity contribution >= 4 is 41.4 Å². The zero-order chi connectivity index (χ0) is 27.1. The van der Waals surface area contributed by atoms with Crippen LogP contribution in [0.4, 0.5) is 0 Å². The predicted octanol–water partition coefficient (Wildman–Crippen LogP) is -0.638. The summed E-state index contributed by atoms with van der Waals surface area (Å²) in [5.41, 5.74) is 16.6. The highest BCUT2D eigenvalue weighted by Crippen LogP contribution is 2.09. The van der Waals surface area contributed by atoms with Crippen molar-refractivity contribution in [2.24, 2.45) is 34.0 Å². The van der Waals surface area contributed by atoms with Gasteiger partial charge in [-0.1, -0.05) is 27.7 Å². The van der Waals surface area contributed by atoms with Crippen molar-refractivity contribution < 1.29 is 24.3 Å². The number of hydrogen-bond acceptors (Lipinski definition) is 7. The van der Waals surface area contributed by atoms with E-state index in [1.807, 2.05) is 20.1 Å². The van der Waals surface area contributed by atoms with Gasteiger partial charge in [0.15, 0.2) is 5.96 Å². The topological polar surface area (TPSA) is 215 Å². The van der Waals surface area contributed by atoms with E-state index < -0.39 is 47.9 Å². The molecule has 0 heterocycles. The SMILES string of the molecule is CSCCC(NC(=O)C(N)C(C)C)C(=O)NC(CCCN=C(N)N)C(=O)NC(CC(C)C)C(=O)O. The maximum absolute atomic E-state index is 13.1. The highest BCUT2D eigenvalue weighted by molar-refractivity contribution is 7.98. The number of carboxylic acid groups (broad SMARTS) is 1. The Kier molecular flexibility index (Phi) is 15.7. The van der Waals surface area contributed by atoms with E-state index in [4.69, 9.17) is 17.2 Å². The molecule has 13 heteroatoms. The largest absolute Gasteiger partial charge is 0.480 e. The number of aliphatic imine (C=N–C) groups is 1. The Hall–Kier alpha value is -2.54. The molecule has 202 valence electrons. The van der Waals surface area contributed by atoms with Crippen molar-refractivity contribution in [3.05, 3.63) is 0 Å². The number of amides is 3. The van der Waals surface area contributed by atoms with E-state index in [0.29, 0.717) is 18.6 Å². The van der Waals surface area contributed by atoms with Gasteiger partial charge >= 0.3 is 5.97 Å². The lowest BCUT2D eigenvalue weighted by molar-refractivity contribution is -0.142. The fraction of sp³-hybridized carbons (Fsp3) is 0.773. The van der Waals surface area contributed by atoms with Gasteiger partial charge in [0.2, 0.25) is 17.7 Å². The van der Waals surface area contributed by atoms with Crippen LogP contribution in [0, 0.1) is 11.8 Å². The Morgan fingerprint density at radius 1 is 0.886 bits per heavy atom. The Labute approximate surface area is 212 Å². The maximum atomic E-state index is 13.1. The first-order chi connectivity index (χ1) is 16.3. The monoisotopic (exact) mass is 517 g/mol. The standard InChI is InChI=1S/C22H43N7O5S/c1-12(2)11-16(21(33)34)29-18(30)14(7-6-9-26-22(24)25)27-19(31)15(8-10-35-5)28-20(32)17(23)13(3)4/h12-17H,6-11,23H2,1-5H3,(H,27,31)(H,28,32)(H,29,30)(H,33,34)(H4,24,25,26). The minimum Gasteiger partial charge on any atom is -0.480 e. The number of carboxylic acids is 1. The maximum Gasteiger partial charge on any atom is 0.326 e. The van der Waals surface area contributed by atoms with Crippen LogP contribution in [0.1, 0.15) is 53.4 Å². The molecule has 10 N–H and O–H groups in total. The van der Waals surface area contributed by atoms with Gasteiger partial charge in [-0.2, -0.15) is 11.8 Å². The summed E-state index contributed by atoms with van der Waals surface area (Å²) in [6.45, 7) is 7.52. The van der Waals surface area contributed by atoms with Crippen LogP contribution < -0.4 is 33.2 Å². The number of nitrogens with zero attached hydrogens (tertiary/aromatic N) is 1. The highest BCUT2D eigenvalue weighted by Gasteiger charge is 2.30. The van der Waals surface area contributed by atoms with Gasteiger partial charge in [0.25, 0.3) is 0 Å². The molecule has 0 aromatic heterocycles. The number of guanidine groups is 1. The number of nitrogens with one attached hydrogen (secondary N) is 3. The van der Waals surface area contributed by atoms with Gasteiger partial charge in [0, 0.05) is 6.54 Å². The molecule has 0 aliphatic rings. The lowest BCUT2D eigenvalue weighted by atomic mass is 10.0. The van der Waals surface area contributed by atoms with Gasteiger partial charge in [-0.25, -0.2) is 4.79 Å². The summed E-state index contributed by atoms with van der Waals surface area (Å²) >= 11 is 1.51. The van der Waals surface area contributed by atoms with Crippen molar-refractivity contribution in [3.8, 4) is 0 Å². The van der Waals surface area contributed by atoms with E-state index in [1.54, 1.807) is 13.8 Å². The quantitative estimate of drug-likeness (QED) is 0.0740. The van der Waals surface area contributed by atoms with Crippen molar-refractivity contribution in [2.75, 3.05) is 18.6 Å². The van der Waals surface area contributed by atoms with Crippen LogP contribution in [0.3, 0.4) is 0 Å². The first kappa shape index (κ1) is 32.5. The summed E-state index contributed by atoms with van der Waals surface area (Å²) in [6, 6.07) is -3.84. The van der Waals surface area contributed by atoms with Gasteiger partial charge in [-0.15, -0.1) is 0 Å². The number of rotatable bonds is 17. The number of aliphatic carboxylic acids is 1. The van der Waals surface area contributed by atoms with Crippen molar-refractivity contribution in [1.29, 1.82) is 0 Å². The van der Waals surface area contributed by atoms with Crippen LogP contribution >= 0.6 is 11.8 Å². The third-order valence-electron chi connectivity index (χ3n) is 5.16. The molecule has 0 bridgehead atoms. The summed E-state index contributed by atoms with van der Waals surface area (Å²) in [4.78, 5) is 54.0. The molecule has 0 spiro atoms. The zero-order valence-electron chi connectivity index (χ0n) is 21.4. The first-order valence-electron chi connectivity index (χ1n) is 11.7. The summed E-state index contributed by atoms with van der Waals surface area (Å²) < 4.78 is 0. The van der Waals surface area contributed by atoms with Crippen LogP contribution in [0.2, 0.25) is 0 Å². The molecular weight excluding hydrogens is 474 g/mol. The number of carbonyl (C=O) groups is 4. The Morgan fingerprint density at radius 2 is 1.40 bits per heavy atom. The fourth-order valence-corrected chi connectivity index (χ4v) is 3.56. The van der Waals surface area contributed by atoms with Gasteiger partial charge < -0.3 is 38.3 Å². The van der Waals surface area contributed by atoms with Gasteiger partial charge in [-0.3, -0.25) is 19.4 Å². The molecule has 0 rings (SSSR count). The molecule has 0 aliphatic heterocycles. The molecule has 4 unspecified atom stereocenters. The minimum absolute atomic E-state index is 0.0302. The summed E-state index contributed by atoms with van der Waals surface area (Å²) in [5, 5.41) is 17.3. The third-order valence-corrected chi connectivity index (χ3v) is 5.81. The molecule has 12 nitrogen and oxygen atoms in total. The molecular formula is C22H43N7O5S. The lowest BCUT2D eigenvalue weighted by Gasteiger charge is -2.26. The average molecular weight is 518 g/mol. The van der Waals surface area contributed by atoms with Gasteiger partial charge in [-0.05, 0) is 49.5 Å². The van der Waals surface area contributed by atoms with Crippen LogP contribution in [0.5, 0.6) is 0 Å². The Morgan fingerprint density at radius 3 is 1.86 bits per heavy atom. The smallest absolute Gasteiger partial charge is 0.326 e. The third kappa shape index (κ3) is 13.8. The number of hydrogen-bond donors (Lipinski definition) is 7. The molecule has 0 aliphatic carbocycles. The summed E-state index contributed by atoms with van der Waals surface area (Å²) in [6.07, 6.45) is 2.96. The van der Waals surface area contributed by atoms with Gasteiger partial charge in [0.05, 0.1) is 6.04 Å². The second-order valence-corrected chi connectivity index (χ2v) is 10.1. The molecule has 3 amide bonds. The van der Waals surface area contributed by atoms with E-state index in [-0.39, 0.29) is 37.2 Å². The molecule has 0 saturated carbocycles. The fourth-order valence-electron chi connectivity index (χ4n) is 3.09. The molecule has 0 aromatic carbocycles. The van der Waals surface area contributed by atoms with E-state index in [2.05, 4.69) is 20.9 Å². The molecule has 35 heavy (non-hydrogen) atoms. The van der Waals surface area contributed by atoms with Crippen molar-refractivity contribution in [2.45, 2.75) is 77.5 Å². The highest BCUT2D eigenvalue weighted by atomic mass is 32.2. The van der Waals surface area contributed by atoms with E-state index in [1.165, 1.54) is 11.8 Å². The number of carbonyl (C=O) groups excluding carboxylic acids is 3. The van der Waals surface area contributed by atoms with Crippen molar-refractivity contribution in [1.82, 2.24) is 16.0 Å². The molecule has 0 aromatic rings. The Balaban J connectivity index is 5.60. The van der Waals surface area contributed by atoms with Crippen LogP contribution in [-0.4, -0.2) is 77.5 Å². The Bertz CT molecular complexity index is 729. The van der Waals surface area contributed by atoms with E-state index >= 15 is 0 Å². The molecule has 0 saturated heterocycles. The first-order valence-corrected chi connectivity index (χ1v) is 13.1. The molecule has 4 atom stereocenters. The van der Waals surface area contributed by atoms with Gasteiger partial charge in [0.1, 0.15) is 18.1 Å².